The maximum atomic E-state index is 11.9. The van der Waals surface area contributed by atoms with E-state index < -0.39 is 0 Å². The van der Waals surface area contributed by atoms with Gasteiger partial charge in [0, 0.05) is 26.3 Å². The monoisotopic (exact) mass is 778 g/mol. The average molecular weight is 778 g/mol. The number of hydrogen-bond acceptors (Lipinski definition) is 7. The molecule has 0 heterocycles. The molecule has 324 valence electrons. The Morgan fingerprint density at radius 1 is 0.545 bits per heavy atom. The normalized spacial score (nSPS) is 11.7. The van der Waals surface area contributed by atoms with Gasteiger partial charge in [0.1, 0.15) is 19.3 Å². The molecule has 0 radical (unpaired) electrons. The van der Waals surface area contributed by atoms with Crippen molar-refractivity contribution < 1.29 is 28.6 Å². The molecule has 0 rings (SSSR count). The molecule has 7 heteroatoms. The van der Waals surface area contributed by atoms with Gasteiger partial charge in [-0.25, -0.2) is 0 Å². The van der Waals surface area contributed by atoms with Crippen LogP contribution in [0.4, 0.5) is 0 Å². The molecule has 7 nitrogen and oxygen atoms in total. The number of ether oxygens (including phenoxy) is 3. The Bertz CT molecular complexity index is 873. The summed E-state index contributed by atoms with van der Waals surface area (Å²) < 4.78 is 16.2. The van der Waals surface area contributed by atoms with Crippen LogP contribution in [0.15, 0.2) is 24.3 Å². The van der Waals surface area contributed by atoms with Crippen molar-refractivity contribution in [2.24, 2.45) is 5.41 Å². The van der Waals surface area contributed by atoms with E-state index in [1.807, 2.05) is 12.2 Å². The number of esters is 3. The van der Waals surface area contributed by atoms with Crippen molar-refractivity contribution in [1.82, 2.24) is 4.90 Å². The van der Waals surface area contributed by atoms with E-state index in [-0.39, 0.29) is 24.0 Å². The van der Waals surface area contributed by atoms with Crippen LogP contribution in [0.1, 0.15) is 221 Å². The second-order valence-electron chi connectivity index (χ2n) is 16.7. The summed E-state index contributed by atoms with van der Waals surface area (Å²) in [5, 5.41) is 0. The van der Waals surface area contributed by atoms with Crippen molar-refractivity contribution in [2.75, 3.05) is 33.9 Å². The van der Waals surface area contributed by atoms with E-state index in [4.69, 9.17) is 14.2 Å². The van der Waals surface area contributed by atoms with Crippen molar-refractivity contribution in [3.63, 3.8) is 0 Å². The molecule has 0 aliphatic rings. The van der Waals surface area contributed by atoms with E-state index in [2.05, 4.69) is 65.8 Å². The second-order valence-corrected chi connectivity index (χ2v) is 16.7. The molecule has 0 bridgehead atoms. The molecular weight excluding hydrogens is 687 g/mol. The molecule has 0 aliphatic carbocycles. The Hall–Kier alpha value is -2.15. The lowest BCUT2D eigenvalue weighted by atomic mass is 9.88. The molecular formula is C48H91NO6. The standard InChI is InChI=1S/C39H70O6.C9H21N/c1-4-6-8-10-16-22-28-34-43-38(41)32-26-20-14-12-18-24-30-37(45-36(3)40)31-25-19-13-15-21-27-33-39(42)44-35-29-23-17-11-9-7-5-2;1-6-7-9(2,3)8-10(4)5/h22-23,28-29,37H,4-21,24-27,30-35H2,1-3H3;6-8H2,1-5H3/b28-22-,29-23-;. The van der Waals surface area contributed by atoms with Crippen molar-refractivity contribution in [1.29, 1.82) is 0 Å². The molecule has 0 N–H and O–H groups in total. The van der Waals surface area contributed by atoms with Gasteiger partial charge >= 0.3 is 17.9 Å². The number of nitrogens with zero attached hydrogens (tertiary/aromatic N) is 1. The zero-order valence-corrected chi connectivity index (χ0v) is 37.7. The molecule has 0 atom stereocenters. The first-order chi connectivity index (χ1) is 26.5. The van der Waals surface area contributed by atoms with Crippen molar-refractivity contribution in [2.45, 2.75) is 227 Å². The zero-order chi connectivity index (χ0) is 41.3. The largest absolute Gasteiger partial charge is 0.463 e. The van der Waals surface area contributed by atoms with Crippen LogP contribution in [0, 0.1) is 5.41 Å². The maximum Gasteiger partial charge on any atom is 0.306 e. The molecule has 0 aliphatic heterocycles. The predicted molar refractivity (Wildman–Crippen MR) is 234 cm³/mol. The van der Waals surface area contributed by atoms with E-state index in [1.165, 1.54) is 77.7 Å². The second kappa shape index (κ2) is 41.5. The average Bonchev–Trinajstić information content (AvgIpc) is 3.12. The van der Waals surface area contributed by atoms with Crippen molar-refractivity contribution in [3.8, 4) is 0 Å². The Balaban J connectivity index is 0. The van der Waals surface area contributed by atoms with Gasteiger partial charge in [-0.05, 0) is 90.1 Å². The fourth-order valence-corrected chi connectivity index (χ4v) is 6.98. The lowest BCUT2D eigenvalue weighted by Crippen LogP contribution is -2.28. The minimum Gasteiger partial charge on any atom is -0.463 e. The van der Waals surface area contributed by atoms with Gasteiger partial charge in [-0.3, -0.25) is 14.4 Å². The highest BCUT2D eigenvalue weighted by Gasteiger charge is 2.16. The Labute approximate surface area is 341 Å². The molecule has 0 amide bonds. The highest BCUT2D eigenvalue weighted by molar-refractivity contribution is 5.69. The molecule has 0 fully saturated rings. The summed E-state index contributed by atoms with van der Waals surface area (Å²) in [5.74, 6) is -0.382. The number of carbonyl (C=O) groups excluding carboxylic acids is 3. The molecule has 0 unspecified atom stereocenters. The fourth-order valence-electron chi connectivity index (χ4n) is 6.98. The van der Waals surface area contributed by atoms with Crippen LogP contribution >= 0.6 is 0 Å². The Kier molecular flexibility index (Phi) is 41.4. The minimum atomic E-state index is -0.191. The lowest BCUT2D eigenvalue weighted by Gasteiger charge is -2.27. The third-order valence-corrected chi connectivity index (χ3v) is 9.78. The predicted octanol–water partition coefficient (Wildman–Crippen LogP) is 13.7. The highest BCUT2D eigenvalue weighted by Crippen LogP contribution is 2.22. The van der Waals surface area contributed by atoms with E-state index in [9.17, 15) is 14.4 Å². The van der Waals surface area contributed by atoms with Gasteiger partial charge in [0.15, 0.2) is 0 Å². The highest BCUT2D eigenvalue weighted by atomic mass is 16.5. The van der Waals surface area contributed by atoms with Crippen LogP contribution in [0.25, 0.3) is 0 Å². The summed E-state index contributed by atoms with van der Waals surface area (Å²) >= 11 is 0. The lowest BCUT2D eigenvalue weighted by molar-refractivity contribution is -0.147. The summed E-state index contributed by atoms with van der Waals surface area (Å²) in [6.07, 6.45) is 38.6. The van der Waals surface area contributed by atoms with Crippen molar-refractivity contribution >= 4 is 17.9 Å². The molecule has 0 saturated carbocycles. The first-order valence-electron chi connectivity index (χ1n) is 22.9. The number of carbonyl (C=O) groups is 3. The van der Waals surface area contributed by atoms with Crippen LogP contribution in [-0.2, 0) is 28.6 Å². The summed E-state index contributed by atoms with van der Waals surface area (Å²) in [6, 6.07) is 0. The molecule has 55 heavy (non-hydrogen) atoms. The minimum absolute atomic E-state index is 0.0165. The smallest absolute Gasteiger partial charge is 0.306 e. The number of unbranched alkanes of at least 4 members (excludes halogenated alkanes) is 18. The molecule has 0 saturated heterocycles. The summed E-state index contributed by atoms with van der Waals surface area (Å²) in [7, 11) is 4.27. The van der Waals surface area contributed by atoms with Gasteiger partial charge < -0.3 is 19.1 Å². The SMILES string of the molecule is CCCC(C)(C)CN(C)C.CCCCCC/C=C\COC(=O)CCCCCCCCC(CCCCCCCCC(=O)OC/C=C\CCCCCC)OC(C)=O. The topological polar surface area (TPSA) is 82.1 Å². The van der Waals surface area contributed by atoms with Gasteiger partial charge in [0.2, 0.25) is 0 Å². The summed E-state index contributed by atoms with van der Waals surface area (Å²) in [4.78, 5) is 37.6. The third-order valence-electron chi connectivity index (χ3n) is 9.78. The van der Waals surface area contributed by atoms with E-state index in [0.717, 1.165) is 103 Å². The number of hydrogen-bond donors (Lipinski definition) is 0. The number of allylic oxidation sites excluding steroid dienone is 2. The van der Waals surface area contributed by atoms with Gasteiger partial charge in [0.25, 0.3) is 0 Å². The fraction of sp³-hybridized carbons (Fsp3) is 0.854. The number of rotatable bonds is 37. The van der Waals surface area contributed by atoms with Gasteiger partial charge in [-0.2, -0.15) is 0 Å². The zero-order valence-electron chi connectivity index (χ0n) is 37.7. The molecule has 0 aromatic heterocycles. The molecule has 0 aromatic carbocycles. The van der Waals surface area contributed by atoms with Gasteiger partial charge in [-0.15, -0.1) is 0 Å². The van der Waals surface area contributed by atoms with E-state index in [0.29, 0.717) is 31.5 Å². The Morgan fingerprint density at radius 3 is 1.33 bits per heavy atom. The van der Waals surface area contributed by atoms with Crippen LogP contribution < -0.4 is 0 Å². The third kappa shape index (κ3) is 46.1. The summed E-state index contributed by atoms with van der Waals surface area (Å²) in [5.41, 5.74) is 0.498. The van der Waals surface area contributed by atoms with E-state index >= 15 is 0 Å². The maximum absolute atomic E-state index is 11.9. The van der Waals surface area contributed by atoms with Crippen LogP contribution in [-0.4, -0.2) is 62.8 Å². The van der Waals surface area contributed by atoms with Crippen LogP contribution in [0.2, 0.25) is 0 Å². The van der Waals surface area contributed by atoms with Crippen molar-refractivity contribution in [3.05, 3.63) is 24.3 Å². The first kappa shape index (κ1) is 54.9. The van der Waals surface area contributed by atoms with Crippen LogP contribution in [0.5, 0.6) is 0 Å². The molecule has 0 aromatic rings. The van der Waals surface area contributed by atoms with E-state index in [1.54, 1.807) is 0 Å². The Morgan fingerprint density at radius 2 is 0.945 bits per heavy atom. The first-order valence-corrected chi connectivity index (χ1v) is 22.9. The summed E-state index contributed by atoms with van der Waals surface area (Å²) in [6.45, 7) is 14.8. The van der Waals surface area contributed by atoms with Gasteiger partial charge in [-0.1, -0.05) is 155 Å². The van der Waals surface area contributed by atoms with Gasteiger partial charge in [0.05, 0.1) is 0 Å². The quantitative estimate of drug-likeness (QED) is 0.0269. The van der Waals surface area contributed by atoms with Crippen LogP contribution in [0.3, 0.4) is 0 Å². The molecule has 0 spiro atoms.